The number of rotatable bonds is 5. The molecule has 2 aromatic heterocycles. The lowest BCUT2D eigenvalue weighted by atomic mass is 10.2. The van der Waals surface area contributed by atoms with Crippen LogP contribution in [-0.4, -0.2) is 24.5 Å². The average Bonchev–Trinajstić information content (AvgIpc) is 3.12. The molecule has 0 amide bonds. The van der Waals surface area contributed by atoms with Gasteiger partial charge < -0.3 is 4.57 Å². The summed E-state index contributed by atoms with van der Waals surface area (Å²) in [4.78, 5) is 0. The van der Waals surface area contributed by atoms with E-state index >= 15 is 0 Å². The van der Waals surface area contributed by atoms with Gasteiger partial charge in [0.25, 0.3) is 0 Å². The van der Waals surface area contributed by atoms with E-state index in [0.29, 0.717) is 0 Å². The van der Waals surface area contributed by atoms with Crippen molar-refractivity contribution in [3.05, 3.63) is 47.2 Å². The second-order valence-electron chi connectivity index (χ2n) is 4.83. The molecule has 114 valence electrons. The zero-order valence-corrected chi connectivity index (χ0v) is 14.0. The van der Waals surface area contributed by atoms with E-state index in [-0.39, 0.29) is 0 Å². The van der Waals surface area contributed by atoms with Crippen molar-refractivity contribution in [2.24, 2.45) is 7.05 Å². The van der Waals surface area contributed by atoms with Crippen LogP contribution < -0.4 is 0 Å². The standard InChI is InChI=1S/C15H16ClN5S/c1-3-21-14(12-8-17-20(2)9-12)18-19-15(21)22-10-11-6-4-5-7-13(11)16/h4-9H,3,10H2,1-2H3. The lowest BCUT2D eigenvalue weighted by molar-refractivity contribution is 0.687. The van der Waals surface area contributed by atoms with Gasteiger partial charge in [0.05, 0.1) is 11.8 Å². The van der Waals surface area contributed by atoms with E-state index in [1.54, 1.807) is 22.6 Å². The molecule has 0 radical (unpaired) electrons. The zero-order chi connectivity index (χ0) is 15.5. The van der Waals surface area contributed by atoms with Crippen molar-refractivity contribution in [1.82, 2.24) is 24.5 Å². The molecule has 0 saturated carbocycles. The topological polar surface area (TPSA) is 48.5 Å². The predicted molar refractivity (Wildman–Crippen MR) is 88.9 cm³/mol. The van der Waals surface area contributed by atoms with Crippen molar-refractivity contribution in [3.63, 3.8) is 0 Å². The number of benzene rings is 1. The molecule has 0 bridgehead atoms. The maximum absolute atomic E-state index is 6.20. The fraction of sp³-hybridized carbons (Fsp3) is 0.267. The molecule has 3 aromatic rings. The summed E-state index contributed by atoms with van der Waals surface area (Å²) in [7, 11) is 1.89. The van der Waals surface area contributed by atoms with Gasteiger partial charge in [0, 0.05) is 30.6 Å². The third-order valence-electron chi connectivity index (χ3n) is 3.31. The highest BCUT2D eigenvalue weighted by Crippen LogP contribution is 2.28. The molecule has 0 saturated heterocycles. The number of hydrogen-bond donors (Lipinski definition) is 0. The van der Waals surface area contributed by atoms with Crippen LogP contribution in [0.25, 0.3) is 11.4 Å². The van der Waals surface area contributed by atoms with Crippen molar-refractivity contribution < 1.29 is 0 Å². The lowest BCUT2D eigenvalue weighted by Crippen LogP contribution is -1.99. The highest BCUT2D eigenvalue weighted by atomic mass is 35.5. The number of aryl methyl sites for hydroxylation is 1. The van der Waals surface area contributed by atoms with E-state index in [4.69, 9.17) is 11.6 Å². The van der Waals surface area contributed by atoms with Crippen LogP contribution in [-0.2, 0) is 19.3 Å². The fourth-order valence-corrected chi connectivity index (χ4v) is 3.48. The quantitative estimate of drug-likeness (QED) is 0.669. The smallest absolute Gasteiger partial charge is 0.191 e. The summed E-state index contributed by atoms with van der Waals surface area (Å²) in [5.41, 5.74) is 2.07. The molecule has 2 heterocycles. The first kappa shape index (κ1) is 15.1. The second kappa shape index (κ2) is 6.54. The fourth-order valence-electron chi connectivity index (χ4n) is 2.19. The Morgan fingerprint density at radius 2 is 2.05 bits per heavy atom. The highest BCUT2D eigenvalue weighted by Gasteiger charge is 2.14. The Kier molecular flexibility index (Phi) is 4.49. The van der Waals surface area contributed by atoms with Crippen molar-refractivity contribution in [2.75, 3.05) is 0 Å². The molecule has 0 fully saturated rings. The van der Waals surface area contributed by atoms with Crippen LogP contribution in [0.5, 0.6) is 0 Å². The van der Waals surface area contributed by atoms with E-state index in [0.717, 1.165) is 39.4 Å². The Morgan fingerprint density at radius 3 is 2.73 bits per heavy atom. The molecule has 0 N–H and O–H groups in total. The third-order valence-corrected chi connectivity index (χ3v) is 4.70. The molecule has 0 unspecified atom stereocenters. The van der Waals surface area contributed by atoms with Crippen LogP contribution in [0.15, 0.2) is 41.8 Å². The first-order chi connectivity index (χ1) is 10.7. The first-order valence-corrected chi connectivity index (χ1v) is 8.33. The summed E-state index contributed by atoms with van der Waals surface area (Å²) in [6.45, 7) is 2.89. The molecule has 22 heavy (non-hydrogen) atoms. The molecular formula is C15H16ClN5S. The van der Waals surface area contributed by atoms with Crippen LogP contribution in [0.1, 0.15) is 12.5 Å². The van der Waals surface area contributed by atoms with Crippen molar-refractivity contribution in [1.29, 1.82) is 0 Å². The summed E-state index contributed by atoms with van der Waals surface area (Å²) in [5.74, 6) is 1.61. The number of nitrogens with zero attached hydrogens (tertiary/aromatic N) is 5. The molecule has 1 aromatic carbocycles. The summed E-state index contributed by atoms with van der Waals surface area (Å²) in [5, 5.41) is 14.5. The molecule has 0 spiro atoms. The Labute approximate surface area is 138 Å². The van der Waals surface area contributed by atoms with Gasteiger partial charge in [-0.3, -0.25) is 4.68 Å². The van der Waals surface area contributed by atoms with Gasteiger partial charge in [-0.2, -0.15) is 5.10 Å². The first-order valence-electron chi connectivity index (χ1n) is 6.97. The molecule has 3 rings (SSSR count). The molecule has 0 aliphatic carbocycles. The highest BCUT2D eigenvalue weighted by molar-refractivity contribution is 7.98. The van der Waals surface area contributed by atoms with Gasteiger partial charge in [0.1, 0.15) is 0 Å². The SMILES string of the molecule is CCn1c(SCc2ccccc2Cl)nnc1-c1cnn(C)c1. The summed E-state index contributed by atoms with van der Waals surface area (Å²) >= 11 is 7.84. The maximum atomic E-state index is 6.20. The van der Waals surface area contributed by atoms with Gasteiger partial charge >= 0.3 is 0 Å². The number of halogens is 1. The predicted octanol–water partition coefficient (Wildman–Crippen LogP) is 3.64. The number of thioether (sulfide) groups is 1. The van der Waals surface area contributed by atoms with Gasteiger partial charge in [-0.25, -0.2) is 0 Å². The van der Waals surface area contributed by atoms with Gasteiger partial charge in [-0.15, -0.1) is 10.2 Å². The molecule has 5 nitrogen and oxygen atoms in total. The van der Waals surface area contributed by atoms with Crippen LogP contribution in [0.4, 0.5) is 0 Å². The summed E-state index contributed by atoms with van der Waals surface area (Å²) in [6.07, 6.45) is 3.75. The molecule has 0 aliphatic heterocycles. The van der Waals surface area contributed by atoms with Crippen LogP contribution in [0, 0.1) is 0 Å². The van der Waals surface area contributed by atoms with Gasteiger partial charge in [-0.05, 0) is 18.6 Å². The minimum Gasteiger partial charge on any atom is -0.302 e. The maximum Gasteiger partial charge on any atom is 0.191 e. The van der Waals surface area contributed by atoms with Crippen molar-refractivity contribution in [3.8, 4) is 11.4 Å². The summed E-state index contributed by atoms with van der Waals surface area (Å²) < 4.78 is 3.86. The minimum absolute atomic E-state index is 0.769. The molecule has 0 aliphatic rings. The van der Waals surface area contributed by atoms with E-state index in [9.17, 15) is 0 Å². The van der Waals surface area contributed by atoms with E-state index in [1.165, 1.54) is 0 Å². The van der Waals surface area contributed by atoms with E-state index in [1.807, 2.05) is 37.5 Å². The van der Waals surface area contributed by atoms with E-state index < -0.39 is 0 Å². The normalized spacial score (nSPS) is 11.0. The second-order valence-corrected chi connectivity index (χ2v) is 6.18. The Hall–Kier alpha value is -1.79. The Bertz CT molecular complexity index is 780. The van der Waals surface area contributed by atoms with Crippen LogP contribution in [0.3, 0.4) is 0 Å². The van der Waals surface area contributed by atoms with Gasteiger partial charge in [0.2, 0.25) is 0 Å². The molecule has 7 heteroatoms. The number of hydrogen-bond acceptors (Lipinski definition) is 4. The minimum atomic E-state index is 0.769. The third kappa shape index (κ3) is 3.03. The molecular weight excluding hydrogens is 318 g/mol. The lowest BCUT2D eigenvalue weighted by Gasteiger charge is -2.07. The Morgan fingerprint density at radius 1 is 1.23 bits per heavy atom. The van der Waals surface area contributed by atoms with Crippen LogP contribution >= 0.6 is 23.4 Å². The van der Waals surface area contributed by atoms with Gasteiger partial charge in [-0.1, -0.05) is 41.6 Å². The van der Waals surface area contributed by atoms with Crippen molar-refractivity contribution >= 4 is 23.4 Å². The van der Waals surface area contributed by atoms with Crippen LogP contribution in [0.2, 0.25) is 5.02 Å². The Balaban J connectivity index is 1.83. The average molecular weight is 334 g/mol. The number of aromatic nitrogens is 5. The zero-order valence-electron chi connectivity index (χ0n) is 12.4. The summed E-state index contributed by atoms with van der Waals surface area (Å²) in [6, 6.07) is 7.87. The van der Waals surface area contributed by atoms with Gasteiger partial charge in [0.15, 0.2) is 11.0 Å². The monoisotopic (exact) mass is 333 g/mol. The van der Waals surface area contributed by atoms with Crippen molar-refractivity contribution in [2.45, 2.75) is 24.4 Å². The molecule has 0 atom stereocenters. The van der Waals surface area contributed by atoms with E-state index in [2.05, 4.69) is 26.8 Å². The largest absolute Gasteiger partial charge is 0.302 e.